The second-order valence-corrected chi connectivity index (χ2v) is 5.24. The van der Waals surface area contributed by atoms with Crippen molar-refractivity contribution >= 4 is 27.5 Å². The van der Waals surface area contributed by atoms with E-state index in [0.29, 0.717) is 5.02 Å². The van der Waals surface area contributed by atoms with Crippen LogP contribution in [0.2, 0.25) is 5.02 Å². The van der Waals surface area contributed by atoms with Gasteiger partial charge >= 0.3 is 0 Å². The quantitative estimate of drug-likeness (QED) is 0.871. The van der Waals surface area contributed by atoms with E-state index in [1.165, 1.54) is 5.56 Å². The van der Waals surface area contributed by atoms with Crippen molar-refractivity contribution in [1.82, 2.24) is 0 Å². The summed E-state index contributed by atoms with van der Waals surface area (Å²) in [7, 11) is 0. The second-order valence-electron chi connectivity index (χ2n) is 4.01. The zero-order chi connectivity index (χ0) is 12.4. The van der Waals surface area contributed by atoms with Gasteiger partial charge in [0.15, 0.2) is 0 Å². The average Bonchev–Trinajstić information content (AvgIpc) is 2.32. The number of hydrogen-bond acceptors (Lipinski definition) is 1. The minimum Gasteiger partial charge on any atom is -0.320 e. The fourth-order valence-electron chi connectivity index (χ4n) is 1.79. The molecule has 0 saturated carbocycles. The van der Waals surface area contributed by atoms with E-state index in [2.05, 4.69) is 28.9 Å². The van der Waals surface area contributed by atoms with Crippen LogP contribution in [-0.4, -0.2) is 0 Å². The Labute approximate surface area is 115 Å². The van der Waals surface area contributed by atoms with Gasteiger partial charge in [0.05, 0.1) is 6.04 Å². The van der Waals surface area contributed by atoms with Crippen LogP contribution in [0.1, 0.15) is 22.7 Å². The number of aryl methyl sites for hydroxylation is 1. The first-order valence-electron chi connectivity index (χ1n) is 5.35. The van der Waals surface area contributed by atoms with Crippen LogP contribution >= 0.6 is 27.5 Å². The summed E-state index contributed by atoms with van der Waals surface area (Å²) in [6, 6.07) is 13.6. The van der Waals surface area contributed by atoms with Gasteiger partial charge in [-0.15, -0.1) is 0 Å². The molecule has 17 heavy (non-hydrogen) atoms. The molecule has 0 radical (unpaired) electrons. The molecule has 0 fully saturated rings. The van der Waals surface area contributed by atoms with Crippen LogP contribution < -0.4 is 5.73 Å². The molecule has 0 aliphatic carbocycles. The Balaban J connectivity index is 2.44. The van der Waals surface area contributed by atoms with Crippen LogP contribution in [0, 0.1) is 6.92 Å². The molecule has 2 N–H and O–H groups in total. The van der Waals surface area contributed by atoms with Gasteiger partial charge in [0.2, 0.25) is 0 Å². The number of nitrogens with two attached hydrogens (primary N) is 1. The summed E-state index contributed by atoms with van der Waals surface area (Å²) in [6.45, 7) is 2.05. The first-order valence-corrected chi connectivity index (χ1v) is 6.52. The van der Waals surface area contributed by atoms with Crippen LogP contribution in [-0.2, 0) is 0 Å². The Morgan fingerprint density at radius 2 is 1.88 bits per heavy atom. The SMILES string of the molecule is Cc1cccc(C(N)c2cccc(Cl)c2)c1Br. The predicted molar refractivity (Wildman–Crippen MR) is 76.4 cm³/mol. The predicted octanol–water partition coefficient (Wildman–Crippen LogP) is 4.46. The van der Waals surface area contributed by atoms with Gasteiger partial charge in [0.1, 0.15) is 0 Å². The van der Waals surface area contributed by atoms with Crippen LogP contribution in [0.25, 0.3) is 0 Å². The van der Waals surface area contributed by atoms with Crippen molar-refractivity contribution < 1.29 is 0 Å². The maximum Gasteiger partial charge on any atom is 0.0563 e. The van der Waals surface area contributed by atoms with E-state index in [1.807, 2.05) is 36.4 Å². The van der Waals surface area contributed by atoms with Gasteiger partial charge in [-0.3, -0.25) is 0 Å². The highest BCUT2D eigenvalue weighted by Crippen LogP contribution is 2.30. The topological polar surface area (TPSA) is 26.0 Å². The number of rotatable bonds is 2. The minimum absolute atomic E-state index is 0.164. The van der Waals surface area contributed by atoms with Crippen molar-refractivity contribution in [2.75, 3.05) is 0 Å². The van der Waals surface area contributed by atoms with Gasteiger partial charge in [-0.2, -0.15) is 0 Å². The molecule has 2 aromatic rings. The van der Waals surface area contributed by atoms with Crippen molar-refractivity contribution in [2.24, 2.45) is 5.73 Å². The molecule has 0 bridgehead atoms. The molecule has 1 unspecified atom stereocenters. The third kappa shape index (κ3) is 2.71. The van der Waals surface area contributed by atoms with Gasteiger partial charge in [0, 0.05) is 9.50 Å². The molecule has 1 atom stereocenters. The fourth-order valence-corrected chi connectivity index (χ4v) is 2.50. The number of benzene rings is 2. The van der Waals surface area contributed by atoms with Crippen LogP contribution in [0.4, 0.5) is 0 Å². The summed E-state index contributed by atoms with van der Waals surface area (Å²) >= 11 is 9.56. The monoisotopic (exact) mass is 309 g/mol. The van der Waals surface area contributed by atoms with Gasteiger partial charge in [0.25, 0.3) is 0 Å². The Kier molecular flexibility index (Phi) is 3.87. The molecule has 0 aliphatic heterocycles. The van der Waals surface area contributed by atoms with Crippen LogP contribution in [0.5, 0.6) is 0 Å². The normalized spacial score (nSPS) is 12.5. The lowest BCUT2D eigenvalue weighted by Crippen LogP contribution is -2.12. The Hall–Kier alpha value is -0.830. The molecule has 0 aliphatic rings. The molecular weight excluding hydrogens is 298 g/mol. The summed E-state index contributed by atoms with van der Waals surface area (Å²) in [4.78, 5) is 0. The first-order chi connectivity index (χ1) is 8.09. The molecule has 0 amide bonds. The van der Waals surface area contributed by atoms with E-state index in [0.717, 1.165) is 15.6 Å². The maximum absolute atomic E-state index is 6.27. The molecule has 0 heterocycles. The van der Waals surface area contributed by atoms with Gasteiger partial charge < -0.3 is 5.73 Å². The van der Waals surface area contributed by atoms with Crippen molar-refractivity contribution in [1.29, 1.82) is 0 Å². The summed E-state index contributed by atoms with van der Waals surface area (Å²) < 4.78 is 1.06. The largest absolute Gasteiger partial charge is 0.320 e. The smallest absolute Gasteiger partial charge is 0.0563 e. The highest BCUT2D eigenvalue weighted by Gasteiger charge is 2.13. The minimum atomic E-state index is -0.164. The Morgan fingerprint density at radius 3 is 2.59 bits per heavy atom. The van der Waals surface area contributed by atoms with E-state index in [1.54, 1.807) is 0 Å². The van der Waals surface area contributed by atoms with Crippen molar-refractivity contribution in [3.8, 4) is 0 Å². The standard InChI is InChI=1S/C14H13BrClN/c1-9-4-2-7-12(13(9)15)14(17)10-5-3-6-11(16)8-10/h2-8,14H,17H2,1H3. The van der Waals surface area contributed by atoms with E-state index in [-0.39, 0.29) is 6.04 Å². The molecule has 2 aromatic carbocycles. The fraction of sp³-hybridized carbons (Fsp3) is 0.143. The van der Waals surface area contributed by atoms with E-state index < -0.39 is 0 Å². The lowest BCUT2D eigenvalue weighted by atomic mass is 9.98. The molecular formula is C14H13BrClN. The molecule has 1 nitrogen and oxygen atoms in total. The zero-order valence-corrected chi connectivity index (χ0v) is 11.8. The number of halogens is 2. The Morgan fingerprint density at radius 1 is 1.18 bits per heavy atom. The van der Waals surface area contributed by atoms with E-state index in [4.69, 9.17) is 17.3 Å². The highest BCUT2D eigenvalue weighted by atomic mass is 79.9. The van der Waals surface area contributed by atoms with Crippen molar-refractivity contribution in [2.45, 2.75) is 13.0 Å². The van der Waals surface area contributed by atoms with Crippen molar-refractivity contribution in [3.63, 3.8) is 0 Å². The van der Waals surface area contributed by atoms with Crippen molar-refractivity contribution in [3.05, 3.63) is 68.7 Å². The molecule has 0 spiro atoms. The zero-order valence-electron chi connectivity index (χ0n) is 9.45. The van der Waals surface area contributed by atoms with E-state index >= 15 is 0 Å². The molecule has 3 heteroatoms. The molecule has 0 aromatic heterocycles. The first kappa shape index (κ1) is 12.6. The lowest BCUT2D eigenvalue weighted by Gasteiger charge is -2.15. The lowest BCUT2D eigenvalue weighted by molar-refractivity contribution is 0.863. The van der Waals surface area contributed by atoms with Gasteiger partial charge in [-0.05, 0) is 35.7 Å². The highest BCUT2D eigenvalue weighted by molar-refractivity contribution is 9.10. The second kappa shape index (κ2) is 5.21. The molecule has 88 valence electrons. The summed E-state index contributed by atoms with van der Waals surface area (Å²) in [5.41, 5.74) is 9.54. The molecule has 0 saturated heterocycles. The summed E-state index contributed by atoms with van der Waals surface area (Å²) in [5, 5.41) is 0.710. The third-order valence-electron chi connectivity index (χ3n) is 2.76. The van der Waals surface area contributed by atoms with Gasteiger partial charge in [-0.1, -0.05) is 57.9 Å². The molecule has 2 rings (SSSR count). The average molecular weight is 311 g/mol. The van der Waals surface area contributed by atoms with Crippen LogP contribution in [0.3, 0.4) is 0 Å². The van der Waals surface area contributed by atoms with Gasteiger partial charge in [-0.25, -0.2) is 0 Å². The summed E-state index contributed by atoms with van der Waals surface area (Å²) in [6.07, 6.45) is 0. The number of hydrogen-bond donors (Lipinski definition) is 1. The third-order valence-corrected chi connectivity index (χ3v) is 4.08. The Bertz CT molecular complexity index is 539. The van der Waals surface area contributed by atoms with E-state index in [9.17, 15) is 0 Å². The summed E-state index contributed by atoms with van der Waals surface area (Å²) in [5.74, 6) is 0. The maximum atomic E-state index is 6.27. The van der Waals surface area contributed by atoms with Crippen LogP contribution in [0.15, 0.2) is 46.9 Å².